The number of hydrogen-bond acceptors (Lipinski definition) is 5. The van der Waals surface area contributed by atoms with Gasteiger partial charge in [0.15, 0.2) is 17.4 Å². The first-order valence-corrected chi connectivity index (χ1v) is 12.0. The van der Waals surface area contributed by atoms with E-state index in [9.17, 15) is 23.1 Å². The third-order valence-corrected chi connectivity index (χ3v) is 7.33. The lowest BCUT2D eigenvalue weighted by Crippen LogP contribution is -2.49. The predicted octanol–water partition coefficient (Wildman–Crippen LogP) is 6.06. The van der Waals surface area contributed by atoms with Gasteiger partial charge in [-0.05, 0) is 60.2 Å². The Morgan fingerprint density at radius 1 is 1.03 bits per heavy atom. The van der Waals surface area contributed by atoms with Crippen molar-refractivity contribution in [2.45, 2.75) is 0 Å². The minimum Gasteiger partial charge on any atom is -0.508 e. The molecule has 4 aromatic rings. The number of halogens is 3. The largest absolute Gasteiger partial charge is 0.508 e. The van der Waals surface area contributed by atoms with Crippen molar-refractivity contribution in [3.8, 4) is 21.9 Å². The van der Waals surface area contributed by atoms with Gasteiger partial charge in [-0.3, -0.25) is 14.1 Å². The number of alkyl halides is 1. The summed E-state index contributed by atoms with van der Waals surface area (Å²) in [7, 11) is 0. The smallest absolute Gasteiger partial charge is 0.195 e. The number of rotatable bonds is 8. The lowest BCUT2D eigenvalue weighted by Gasteiger charge is -2.37. The molecule has 4 nitrogen and oxygen atoms in total. The van der Waals surface area contributed by atoms with Crippen LogP contribution in [0.5, 0.6) is 11.5 Å². The Kier molecular flexibility index (Phi) is 6.49. The van der Waals surface area contributed by atoms with Crippen LogP contribution >= 0.6 is 11.3 Å². The fourth-order valence-corrected chi connectivity index (χ4v) is 5.48. The number of carbonyl (C=O) groups excluding carboxylic acids is 1. The monoisotopic (exact) mass is 497 g/mol. The van der Waals surface area contributed by atoms with Gasteiger partial charge < -0.3 is 9.84 Å². The van der Waals surface area contributed by atoms with Gasteiger partial charge in [0.2, 0.25) is 0 Å². The standard InChI is InChI=1S/C27H22F3NO3S/c28-13-16-14-31(15-16)9-10-34-20-5-1-17(2-6-20)26(33)25-21-7-4-19(32)12-24(21)35-27(25)18-3-8-22(29)23(30)11-18/h1-8,11-12,16,32H,9-10,13-15H2. The van der Waals surface area contributed by atoms with Gasteiger partial charge in [0.05, 0.1) is 6.67 Å². The van der Waals surface area contributed by atoms with Crippen LogP contribution in [-0.4, -0.2) is 48.7 Å². The van der Waals surface area contributed by atoms with Gasteiger partial charge in [-0.15, -0.1) is 11.3 Å². The first-order valence-electron chi connectivity index (χ1n) is 11.2. The zero-order valence-electron chi connectivity index (χ0n) is 18.6. The Morgan fingerprint density at radius 3 is 2.51 bits per heavy atom. The number of nitrogens with zero attached hydrogens (tertiary/aromatic N) is 1. The van der Waals surface area contributed by atoms with Crippen molar-refractivity contribution in [3.05, 3.63) is 83.4 Å². The molecular formula is C27H22F3NO3S. The van der Waals surface area contributed by atoms with Gasteiger partial charge in [0, 0.05) is 51.6 Å². The molecule has 3 aromatic carbocycles. The number of phenols is 1. The highest BCUT2D eigenvalue weighted by Gasteiger charge is 2.26. The number of ether oxygens (including phenoxy) is 1. The number of ketones is 1. The van der Waals surface area contributed by atoms with Crippen LogP contribution in [0, 0.1) is 17.6 Å². The molecule has 0 atom stereocenters. The highest BCUT2D eigenvalue weighted by molar-refractivity contribution is 7.22. The Hall–Kier alpha value is -3.36. The highest BCUT2D eigenvalue weighted by Crippen LogP contribution is 2.41. The second-order valence-electron chi connectivity index (χ2n) is 8.60. The van der Waals surface area contributed by atoms with Crippen LogP contribution in [0.3, 0.4) is 0 Å². The van der Waals surface area contributed by atoms with E-state index in [1.165, 1.54) is 23.5 Å². The van der Waals surface area contributed by atoms with E-state index in [4.69, 9.17) is 4.74 Å². The lowest BCUT2D eigenvalue weighted by molar-refractivity contribution is 0.0668. The van der Waals surface area contributed by atoms with E-state index in [0.717, 1.165) is 25.2 Å². The Morgan fingerprint density at radius 2 is 1.80 bits per heavy atom. The summed E-state index contributed by atoms with van der Waals surface area (Å²) < 4.78 is 46.4. The first-order chi connectivity index (χ1) is 16.9. The number of benzene rings is 3. The molecule has 1 aliphatic heterocycles. The molecule has 1 fully saturated rings. The van der Waals surface area contributed by atoms with Crippen molar-refractivity contribution in [2.75, 3.05) is 32.9 Å². The maximum atomic E-state index is 14.0. The molecular weight excluding hydrogens is 475 g/mol. The summed E-state index contributed by atoms with van der Waals surface area (Å²) in [4.78, 5) is 16.2. The fraction of sp³-hybridized carbons (Fsp3) is 0.222. The van der Waals surface area contributed by atoms with E-state index in [1.807, 2.05) is 0 Å². The molecule has 1 N–H and O–H groups in total. The summed E-state index contributed by atoms with van der Waals surface area (Å²) >= 11 is 1.23. The fourth-order valence-electron chi connectivity index (χ4n) is 4.25. The van der Waals surface area contributed by atoms with E-state index in [0.29, 0.717) is 50.6 Å². The van der Waals surface area contributed by atoms with Gasteiger partial charge in [0.1, 0.15) is 18.1 Å². The molecule has 2 heterocycles. The third kappa shape index (κ3) is 4.76. The van der Waals surface area contributed by atoms with Crippen molar-refractivity contribution in [1.29, 1.82) is 0 Å². The quantitative estimate of drug-likeness (QED) is 0.301. The summed E-state index contributed by atoms with van der Waals surface area (Å²) in [6, 6.07) is 15.0. The Balaban J connectivity index is 1.39. The molecule has 5 rings (SSSR count). The molecule has 0 amide bonds. The van der Waals surface area contributed by atoms with Crippen molar-refractivity contribution in [2.24, 2.45) is 5.92 Å². The van der Waals surface area contributed by atoms with Gasteiger partial charge in [-0.1, -0.05) is 6.07 Å². The number of phenolic OH excluding ortho intramolecular Hbond substituents is 1. The van der Waals surface area contributed by atoms with Crippen LogP contribution in [0.15, 0.2) is 60.7 Å². The highest BCUT2D eigenvalue weighted by atomic mass is 32.1. The van der Waals surface area contributed by atoms with Crippen LogP contribution in [0.1, 0.15) is 15.9 Å². The molecule has 1 saturated heterocycles. The zero-order valence-corrected chi connectivity index (χ0v) is 19.5. The first kappa shape index (κ1) is 23.4. The molecule has 0 saturated carbocycles. The van der Waals surface area contributed by atoms with Crippen LogP contribution in [-0.2, 0) is 0 Å². The Bertz CT molecular complexity index is 1380. The van der Waals surface area contributed by atoms with Gasteiger partial charge >= 0.3 is 0 Å². The average molecular weight is 498 g/mol. The van der Waals surface area contributed by atoms with Crippen molar-refractivity contribution < 1.29 is 27.8 Å². The van der Waals surface area contributed by atoms with E-state index in [-0.39, 0.29) is 24.1 Å². The molecule has 35 heavy (non-hydrogen) atoms. The summed E-state index contributed by atoms with van der Waals surface area (Å²) in [5.41, 5.74) is 1.17. The number of aromatic hydroxyl groups is 1. The zero-order chi connectivity index (χ0) is 24.5. The predicted molar refractivity (Wildman–Crippen MR) is 130 cm³/mol. The van der Waals surface area contributed by atoms with E-state index in [1.54, 1.807) is 36.4 Å². The SMILES string of the molecule is O=C(c1ccc(OCCN2CC(CF)C2)cc1)c1c(-c2ccc(F)c(F)c2)sc2cc(O)ccc12. The molecule has 0 spiro atoms. The Labute approximate surface area is 204 Å². The number of carbonyl (C=O) groups is 1. The second kappa shape index (κ2) is 9.71. The minimum absolute atomic E-state index is 0.0505. The summed E-state index contributed by atoms with van der Waals surface area (Å²) in [6.45, 7) is 2.39. The molecule has 1 aromatic heterocycles. The molecule has 0 radical (unpaired) electrons. The van der Waals surface area contributed by atoms with E-state index < -0.39 is 11.6 Å². The third-order valence-electron chi connectivity index (χ3n) is 6.13. The summed E-state index contributed by atoms with van der Waals surface area (Å²) in [5, 5.41) is 10.5. The topological polar surface area (TPSA) is 49.8 Å². The molecule has 1 aliphatic rings. The maximum absolute atomic E-state index is 14.0. The van der Waals surface area contributed by atoms with Crippen molar-refractivity contribution in [1.82, 2.24) is 4.90 Å². The molecule has 8 heteroatoms. The lowest BCUT2D eigenvalue weighted by atomic mass is 9.97. The van der Waals surface area contributed by atoms with Gasteiger partial charge in [0.25, 0.3) is 0 Å². The molecule has 0 bridgehead atoms. The van der Waals surface area contributed by atoms with Crippen LogP contribution < -0.4 is 4.74 Å². The van der Waals surface area contributed by atoms with Gasteiger partial charge in [-0.2, -0.15) is 0 Å². The minimum atomic E-state index is -0.999. The number of thiophene rings is 1. The number of fused-ring (bicyclic) bond motifs is 1. The number of likely N-dealkylation sites (tertiary alicyclic amines) is 1. The van der Waals surface area contributed by atoms with E-state index >= 15 is 0 Å². The molecule has 0 unspecified atom stereocenters. The van der Waals surface area contributed by atoms with Crippen LogP contribution in [0.4, 0.5) is 13.2 Å². The molecule has 0 aliphatic carbocycles. The maximum Gasteiger partial charge on any atom is 0.195 e. The average Bonchev–Trinajstić information content (AvgIpc) is 3.20. The molecule has 180 valence electrons. The summed E-state index contributed by atoms with van der Waals surface area (Å²) in [6.07, 6.45) is 0. The van der Waals surface area contributed by atoms with Crippen molar-refractivity contribution >= 4 is 27.2 Å². The van der Waals surface area contributed by atoms with Gasteiger partial charge in [-0.25, -0.2) is 8.78 Å². The summed E-state index contributed by atoms with van der Waals surface area (Å²) in [5.74, 6) is -1.44. The second-order valence-corrected chi connectivity index (χ2v) is 9.65. The number of hydrogen-bond donors (Lipinski definition) is 1. The van der Waals surface area contributed by atoms with E-state index in [2.05, 4.69) is 4.90 Å². The van der Waals surface area contributed by atoms with Crippen LogP contribution in [0.2, 0.25) is 0 Å². The van der Waals surface area contributed by atoms with Crippen LogP contribution in [0.25, 0.3) is 20.5 Å². The van der Waals surface area contributed by atoms with Crippen molar-refractivity contribution in [3.63, 3.8) is 0 Å². The normalized spacial score (nSPS) is 14.3.